The molecule has 6 heteroatoms. The molecule has 1 fully saturated rings. The standard InChI is InChI=1S/C22H26N6/c1-16(2)28-20-9-4-3-8-19(20)25-22(28)17-7-5-11-26(14-17)15-18-13-24-27-12-6-10-23-21(18)27/h3-4,6,8-10,12-13,16-17H,5,7,11,14-15H2,1-2H3/t17-/m1/s1. The van der Waals surface area contributed by atoms with Crippen molar-refractivity contribution in [3.63, 3.8) is 0 Å². The molecule has 0 bridgehead atoms. The van der Waals surface area contributed by atoms with Crippen molar-refractivity contribution >= 4 is 16.7 Å². The van der Waals surface area contributed by atoms with Crippen LogP contribution < -0.4 is 0 Å². The zero-order valence-corrected chi connectivity index (χ0v) is 16.5. The van der Waals surface area contributed by atoms with Crippen molar-refractivity contribution in [1.29, 1.82) is 0 Å². The monoisotopic (exact) mass is 374 g/mol. The lowest BCUT2D eigenvalue weighted by Gasteiger charge is -2.33. The number of nitrogens with zero attached hydrogens (tertiary/aromatic N) is 6. The fourth-order valence-electron chi connectivity index (χ4n) is 4.53. The number of fused-ring (bicyclic) bond motifs is 2. The van der Waals surface area contributed by atoms with Gasteiger partial charge in [0.2, 0.25) is 0 Å². The number of rotatable bonds is 4. The maximum absolute atomic E-state index is 5.05. The lowest BCUT2D eigenvalue weighted by molar-refractivity contribution is 0.194. The van der Waals surface area contributed by atoms with Gasteiger partial charge in [0, 0.05) is 43.0 Å². The fraction of sp³-hybridized carbons (Fsp3) is 0.409. The van der Waals surface area contributed by atoms with Crippen molar-refractivity contribution in [1.82, 2.24) is 29.0 Å². The molecule has 1 aliphatic heterocycles. The van der Waals surface area contributed by atoms with Crippen LogP contribution >= 0.6 is 0 Å². The molecule has 1 saturated heterocycles. The Balaban J connectivity index is 1.43. The molecular weight excluding hydrogens is 348 g/mol. The van der Waals surface area contributed by atoms with Gasteiger partial charge in [-0.3, -0.25) is 4.90 Å². The van der Waals surface area contributed by atoms with E-state index < -0.39 is 0 Å². The predicted molar refractivity (Wildman–Crippen MR) is 110 cm³/mol. The van der Waals surface area contributed by atoms with E-state index in [9.17, 15) is 0 Å². The Bertz CT molecular complexity index is 1110. The first-order chi connectivity index (χ1) is 13.7. The summed E-state index contributed by atoms with van der Waals surface area (Å²) in [6, 6.07) is 10.8. The van der Waals surface area contributed by atoms with E-state index in [2.05, 4.69) is 57.7 Å². The van der Waals surface area contributed by atoms with Crippen molar-refractivity contribution in [2.45, 2.75) is 45.2 Å². The number of hydrogen-bond acceptors (Lipinski definition) is 4. The van der Waals surface area contributed by atoms with Gasteiger partial charge in [-0.2, -0.15) is 5.10 Å². The van der Waals surface area contributed by atoms with Crippen LogP contribution in [-0.2, 0) is 6.54 Å². The van der Waals surface area contributed by atoms with Crippen LogP contribution in [0.5, 0.6) is 0 Å². The van der Waals surface area contributed by atoms with Crippen LogP contribution in [0.15, 0.2) is 48.9 Å². The van der Waals surface area contributed by atoms with E-state index in [-0.39, 0.29) is 0 Å². The van der Waals surface area contributed by atoms with Crippen LogP contribution in [0.2, 0.25) is 0 Å². The van der Waals surface area contributed by atoms with Gasteiger partial charge < -0.3 is 4.57 Å². The number of para-hydroxylation sites is 2. The van der Waals surface area contributed by atoms with Gasteiger partial charge in [-0.1, -0.05) is 12.1 Å². The lowest BCUT2D eigenvalue weighted by Crippen LogP contribution is -2.35. The van der Waals surface area contributed by atoms with E-state index in [1.807, 2.05) is 29.2 Å². The fourth-order valence-corrected chi connectivity index (χ4v) is 4.53. The van der Waals surface area contributed by atoms with E-state index in [4.69, 9.17) is 4.98 Å². The van der Waals surface area contributed by atoms with E-state index in [0.717, 1.165) is 30.8 Å². The highest BCUT2D eigenvalue weighted by molar-refractivity contribution is 5.76. The molecule has 0 saturated carbocycles. The summed E-state index contributed by atoms with van der Waals surface area (Å²) in [4.78, 5) is 12.1. The maximum Gasteiger partial charge on any atom is 0.159 e. The smallest absolute Gasteiger partial charge is 0.159 e. The van der Waals surface area contributed by atoms with Crippen molar-refractivity contribution in [3.8, 4) is 0 Å². The Kier molecular flexibility index (Phi) is 4.36. The molecule has 1 aliphatic rings. The topological polar surface area (TPSA) is 51.2 Å². The Morgan fingerprint density at radius 1 is 1.18 bits per heavy atom. The molecule has 0 spiro atoms. The van der Waals surface area contributed by atoms with E-state index >= 15 is 0 Å². The van der Waals surface area contributed by atoms with Crippen molar-refractivity contribution < 1.29 is 0 Å². The molecule has 1 atom stereocenters. The van der Waals surface area contributed by atoms with Crippen LogP contribution in [-0.4, -0.2) is 42.1 Å². The number of piperidine rings is 1. The number of aromatic nitrogens is 5. The normalized spacial score (nSPS) is 18.5. The third kappa shape index (κ3) is 2.98. The SMILES string of the molecule is CC(C)n1c([C@@H]2CCCN(Cc3cnn4cccnc34)C2)nc2ccccc21. The third-order valence-electron chi connectivity index (χ3n) is 5.76. The highest BCUT2D eigenvalue weighted by Crippen LogP contribution is 2.32. The first-order valence-electron chi connectivity index (χ1n) is 10.2. The number of hydrogen-bond donors (Lipinski definition) is 0. The molecule has 4 aromatic rings. The van der Waals surface area contributed by atoms with Gasteiger partial charge in [-0.05, 0) is 51.4 Å². The van der Waals surface area contributed by atoms with Crippen LogP contribution in [0, 0.1) is 0 Å². The summed E-state index contributed by atoms with van der Waals surface area (Å²) < 4.78 is 4.29. The van der Waals surface area contributed by atoms with Crippen molar-refractivity contribution in [2.75, 3.05) is 13.1 Å². The molecular formula is C22H26N6. The molecule has 4 heterocycles. The van der Waals surface area contributed by atoms with Gasteiger partial charge in [0.15, 0.2) is 5.65 Å². The molecule has 0 radical (unpaired) electrons. The van der Waals surface area contributed by atoms with Crippen LogP contribution in [0.25, 0.3) is 16.7 Å². The Labute approximate surface area is 164 Å². The summed E-state index contributed by atoms with van der Waals surface area (Å²) in [5.41, 5.74) is 4.50. The minimum absolute atomic E-state index is 0.404. The number of likely N-dealkylation sites (tertiary alicyclic amines) is 1. The average Bonchev–Trinajstić information content (AvgIpc) is 3.30. The highest BCUT2D eigenvalue weighted by Gasteiger charge is 2.27. The van der Waals surface area contributed by atoms with Crippen LogP contribution in [0.1, 0.15) is 50.0 Å². The predicted octanol–water partition coefficient (Wildman–Crippen LogP) is 4.04. The van der Waals surface area contributed by atoms with Gasteiger partial charge in [0.05, 0.1) is 17.2 Å². The lowest BCUT2D eigenvalue weighted by atomic mass is 9.96. The van der Waals surface area contributed by atoms with Gasteiger partial charge in [0.25, 0.3) is 0 Å². The number of benzene rings is 1. The van der Waals surface area contributed by atoms with Gasteiger partial charge >= 0.3 is 0 Å². The van der Waals surface area contributed by atoms with E-state index in [1.165, 1.54) is 29.7 Å². The molecule has 1 aromatic carbocycles. The first-order valence-corrected chi connectivity index (χ1v) is 10.2. The molecule has 0 N–H and O–H groups in total. The Hall–Kier alpha value is -2.73. The van der Waals surface area contributed by atoms with E-state index in [1.54, 1.807) is 0 Å². The van der Waals surface area contributed by atoms with Gasteiger partial charge in [-0.15, -0.1) is 0 Å². The molecule has 144 valence electrons. The first kappa shape index (κ1) is 17.4. The molecule has 0 unspecified atom stereocenters. The van der Waals surface area contributed by atoms with E-state index in [0.29, 0.717) is 12.0 Å². The summed E-state index contributed by atoms with van der Waals surface area (Å²) in [6.07, 6.45) is 8.13. The second kappa shape index (κ2) is 7.02. The summed E-state index contributed by atoms with van der Waals surface area (Å²) in [5.74, 6) is 1.69. The molecule has 28 heavy (non-hydrogen) atoms. The minimum atomic E-state index is 0.404. The molecule has 0 amide bonds. The molecule has 6 nitrogen and oxygen atoms in total. The summed E-state index contributed by atoms with van der Waals surface area (Å²) in [6.45, 7) is 7.54. The zero-order chi connectivity index (χ0) is 19.1. The summed E-state index contributed by atoms with van der Waals surface area (Å²) in [5, 5.41) is 4.44. The molecule has 0 aliphatic carbocycles. The number of imidazole rings is 1. The summed E-state index contributed by atoms with van der Waals surface area (Å²) in [7, 11) is 0. The second-order valence-corrected chi connectivity index (χ2v) is 8.05. The minimum Gasteiger partial charge on any atom is -0.325 e. The molecule has 5 rings (SSSR count). The summed E-state index contributed by atoms with van der Waals surface area (Å²) >= 11 is 0. The largest absolute Gasteiger partial charge is 0.325 e. The van der Waals surface area contributed by atoms with Crippen LogP contribution in [0.4, 0.5) is 0 Å². The maximum atomic E-state index is 5.05. The second-order valence-electron chi connectivity index (χ2n) is 8.05. The Morgan fingerprint density at radius 3 is 2.96 bits per heavy atom. The average molecular weight is 374 g/mol. The Morgan fingerprint density at radius 2 is 2.07 bits per heavy atom. The van der Waals surface area contributed by atoms with Crippen molar-refractivity contribution in [2.24, 2.45) is 0 Å². The third-order valence-corrected chi connectivity index (χ3v) is 5.76. The van der Waals surface area contributed by atoms with Gasteiger partial charge in [0.1, 0.15) is 5.82 Å². The van der Waals surface area contributed by atoms with Crippen molar-refractivity contribution in [3.05, 3.63) is 60.3 Å². The zero-order valence-electron chi connectivity index (χ0n) is 16.5. The van der Waals surface area contributed by atoms with Gasteiger partial charge in [-0.25, -0.2) is 14.5 Å². The van der Waals surface area contributed by atoms with Crippen LogP contribution in [0.3, 0.4) is 0 Å². The highest BCUT2D eigenvalue weighted by atomic mass is 15.2. The molecule has 3 aromatic heterocycles. The quantitative estimate of drug-likeness (QED) is 0.541.